The molecule has 0 saturated heterocycles. The maximum absolute atomic E-state index is 13.0. The third-order valence-electron chi connectivity index (χ3n) is 6.16. The van der Waals surface area contributed by atoms with Crippen LogP contribution in [0.15, 0.2) is 95.5 Å². The number of ether oxygens (including phenoxy) is 2. The summed E-state index contributed by atoms with van der Waals surface area (Å²) < 4.78 is 12.5. The fraction of sp³-hybridized carbons (Fsp3) is 0.133. The molecular formula is C30H24BrNO5. The van der Waals surface area contributed by atoms with Gasteiger partial charge in [0.2, 0.25) is 0 Å². The normalized spacial score (nSPS) is 12.8. The number of hydrogen-bond donors (Lipinski definition) is 2. The molecule has 0 bridgehead atoms. The van der Waals surface area contributed by atoms with Gasteiger partial charge in [-0.1, -0.05) is 76.6 Å². The highest BCUT2D eigenvalue weighted by atomic mass is 79.9. The van der Waals surface area contributed by atoms with Crippen LogP contribution >= 0.6 is 15.9 Å². The summed E-state index contributed by atoms with van der Waals surface area (Å²) in [6.07, 6.45) is 0.851. The number of carbonyl (C=O) groups excluding carboxylic acids is 1. The van der Waals surface area contributed by atoms with E-state index in [0.29, 0.717) is 24.3 Å². The molecule has 0 aliphatic carbocycles. The highest BCUT2D eigenvalue weighted by molar-refractivity contribution is 9.10. The fourth-order valence-corrected chi connectivity index (χ4v) is 4.84. The number of fused-ring (bicyclic) bond motifs is 1. The van der Waals surface area contributed by atoms with Crippen LogP contribution in [0.4, 0.5) is 0 Å². The standard InChI is InChI=1S/C30H24BrNO5/c31-22-17-21-14-15-36-28(21)25(18-22)29(33)32-26(30(34)35)16-19-10-12-20(13-11-19)24-8-4-5-9-27(24)37-23-6-2-1-3-7-23/h1-13,17-18,26H,14-16H2,(H,32,33)(H,34,35)/t26-/m0/s1. The quantitative estimate of drug-likeness (QED) is 0.266. The topological polar surface area (TPSA) is 84.9 Å². The minimum atomic E-state index is -1.11. The Bertz CT molecular complexity index is 1440. The number of benzene rings is 4. The van der Waals surface area contributed by atoms with Gasteiger partial charge in [0.1, 0.15) is 23.3 Å². The Morgan fingerprint density at radius 3 is 2.46 bits per heavy atom. The first-order chi connectivity index (χ1) is 18.0. The van der Waals surface area contributed by atoms with E-state index in [2.05, 4.69) is 21.2 Å². The molecule has 4 aromatic carbocycles. The highest BCUT2D eigenvalue weighted by Gasteiger charge is 2.26. The van der Waals surface area contributed by atoms with Crippen LogP contribution in [0.2, 0.25) is 0 Å². The zero-order valence-electron chi connectivity index (χ0n) is 19.8. The van der Waals surface area contributed by atoms with Crippen LogP contribution in [0.3, 0.4) is 0 Å². The molecule has 0 radical (unpaired) electrons. The van der Waals surface area contributed by atoms with Gasteiger partial charge in [-0.25, -0.2) is 4.79 Å². The minimum Gasteiger partial charge on any atom is -0.492 e. The number of carbonyl (C=O) groups is 2. The first-order valence-corrected chi connectivity index (χ1v) is 12.7. The molecule has 2 N–H and O–H groups in total. The van der Waals surface area contributed by atoms with E-state index in [9.17, 15) is 14.7 Å². The number of halogens is 1. The van der Waals surface area contributed by atoms with E-state index in [1.54, 1.807) is 6.07 Å². The van der Waals surface area contributed by atoms with E-state index in [1.165, 1.54) is 0 Å². The molecule has 1 atom stereocenters. The molecule has 0 spiro atoms. The Kier molecular flexibility index (Phi) is 7.23. The average Bonchev–Trinajstić information content (AvgIpc) is 3.37. The van der Waals surface area contributed by atoms with Crippen LogP contribution in [0.5, 0.6) is 17.2 Å². The lowest BCUT2D eigenvalue weighted by Crippen LogP contribution is -2.42. The number of carboxylic acids is 1. The lowest BCUT2D eigenvalue weighted by molar-refractivity contribution is -0.139. The van der Waals surface area contributed by atoms with Gasteiger partial charge in [-0.2, -0.15) is 0 Å². The van der Waals surface area contributed by atoms with Crippen molar-refractivity contribution in [2.75, 3.05) is 6.61 Å². The SMILES string of the molecule is O=C(N[C@@H](Cc1ccc(-c2ccccc2Oc2ccccc2)cc1)C(=O)O)c1cc(Br)cc2c1OCC2. The Hall–Kier alpha value is -4.10. The van der Waals surface area contributed by atoms with Gasteiger partial charge in [0.05, 0.1) is 12.2 Å². The number of nitrogens with one attached hydrogen (secondary N) is 1. The van der Waals surface area contributed by atoms with Gasteiger partial charge in [-0.05, 0) is 47.0 Å². The first kappa shape index (κ1) is 24.6. The van der Waals surface area contributed by atoms with Crippen LogP contribution in [0, 0.1) is 0 Å². The van der Waals surface area contributed by atoms with Crippen molar-refractivity contribution in [2.45, 2.75) is 18.9 Å². The summed E-state index contributed by atoms with van der Waals surface area (Å²) in [5, 5.41) is 12.5. The summed E-state index contributed by atoms with van der Waals surface area (Å²) >= 11 is 3.42. The number of hydrogen-bond acceptors (Lipinski definition) is 4. The summed E-state index contributed by atoms with van der Waals surface area (Å²) in [5.74, 6) is 0.404. The zero-order chi connectivity index (χ0) is 25.8. The Morgan fingerprint density at radius 1 is 0.973 bits per heavy atom. The third-order valence-corrected chi connectivity index (χ3v) is 6.62. The molecule has 0 unspecified atom stereocenters. The van der Waals surface area contributed by atoms with Gasteiger partial charge >= 0.3 is 5.97 Å². The number of carboxylic acid groups (broad SMARTS) is 1. The molecule has 1 amide bonds. The smallest absolute Gasteiger partial charge is 0.326 e. The monoisotopic (exact) mass is 557 g/mol. The second-order valence-corrected chi connectivity index (χ2v) is 9.63. The van der Waals surface area contributed by atoms with Crippen molar-refractivity contribution in [1.82, 2.24) is 5.32 Å². The molecule has 1 aliphatic rings. The largest absolute Gasteiger partial charge is 0.492 e. The first-order valence-electron chi connectivity index (χ1n) is 11.9. The molecule has 7 heteroatoms. The predicted octanol–water partition coefficient (Wildman–Crippen LogP) is 6.27. The van der Waals surface area contributed by atoms with Crippen molar-refractivity contribution in [3.63, 3.8) is 0 Å². The van der Waals surface area contributed by atoms with E-state index in [0.717, 1.165) is 38.2 Å². The molecule has 0 aromatic heterocycles. The van der Waals surface area contributed by atoms with E-state index < -0.39 is 17.9 Å². The molecule has 186 valence electrons. The van der Waals surface area contributed by atoms with Crippen molar-refractivity contribution in [2.24, 2.45) is 0 Å². The van der Waals surface area contributed by atoms with Crippen molar-refractivity contribution in [3.8, 4) is 28.4 Å². The zero-order valence-corrected chi connectivity index (χ0v) is 21.4. The Balaban J connectivity index is 1.32. The molecule has 0 saturated carbocycles. The van der Waals surface area contributed by atoms with Crippen molar-refractivity contribution < 1.29 is 24.2 Å². The van der Waals surface area contributed by atoms with Crippen molar-refractivity contribution in [3.05, 3.63) is 112 Å². The van der Waals surface area contributed by atoms with Crippen LogP contribution in [0.25, 0.3) is 11.1 Å². The van der Waals surface area contributed by atoms with Crippen molar-refractivity contribution in [1.29, 1.82) is 0 Å². The number of amides is 1. The molecule has 1 heterocycles. The summed E-state index contributed by atoms with van der Waals surface area (Å²) in [4.78, 5) is 25.0. The molecular weight excluding hydrogens is 534 g/mol. The maximum Gasteiger partial charge on any atom is 0.326 e. The second kappa shape index (κ2) is 10.9. The van der Waals surface area contributed by atoms with Crippen LogP contribution in [-0.2, 0) is 17.6 Å². The molecule has 0 fully saturated rings. The molecule has 5 rings (SSSR count). The summed E-state index contributed by atoms with van der Waals surface area (Å²) in [6.45, 7) is 0.500. The maximum atomic E-state index is 13.0. The van der Waals surface area contributed by atoms with Gasteiger partial charge in [0.25, 0.3) is 5.91 Å². The fourth-order valence-electron chi connectivity index (χ4n) is 4.34. The van der Waals surface area contributed by atoms with Crippen LogP contribution in [0.1, 0.15) is 21.5 Å². The average molecular weight is 558 g/mol. The lowest BCUT2D eigenvalue weighted by Gasteiger charge is -2.17. The number of rotatable bonds is 8. The van der Waals surface area contributed by atoms with E-state index >= 15 is 0 Å². The van der Waals surface area contributed by atoms with Crippen LogP contribution < -0.4 is 14.8 Å². The summed E-state index contributed by atoms with van der Waals surface area (Å²) in [7, 11) is 0. The van der Waals surface area contributed by atoms with Gasteiger partial charge < -0.3 is 19.9 Å². The summed E-state index contributed by atoms with van der Waals surface area (Å²) in [5.41, 5.74) is 3.91. The highest BCUT2D eigenvalue weighted by Crippen LogP contribution is 2.34. The van der Waals surface area contributed by atoms with Crippen molar-refractivity contribution >= 4 is 27.8 Å². The molecule has 37 heavy (non-hydrogen) atoms. The number of para-hydroxylation sites is 2. The molecule has 4 aromatic rings. The second-order valence-electron chi connectivity index (χ2n) is 8.72. The van der Waals surface area contributed by atoms with Gasteiger partial charge in [-0.15, -0.1) is 0 Å². The van der Waals surface area contributed by atoms with E-state index in [1.807, 2.05) is 84.9 Å². The van der Waals surface area contributed by atoms with Gasteiger partial charge in [0, 0.05) is 22.9 Å². The Morgan fingerprint density at radius 2 is 1.70 bits per heavy atom. The molecule has 1 aliphatic heterocycles. The van der Waals surface area contributed by atoms with Crippen LogP contribution in [-0.4, -0.2) is 29.6 Å². The minimum absolute atomic E-state index is 0.139. The van der Waals surface area contributed by atoms with E-state index in [4.69, 9.17) is 9.47 Å². The predicted molar refractivity (Wildman–Crippen MR) is 144 cm³/mol. The third kappa shape index (κ3) is 5.67. The molecule has 6 nitrogen and oxygen atoms in total. The Labute approximate surface area is 223 Å². The van der Waals surface area contributed by atoms with E-state index in [-0.39, 0.29) is 6.42 Å². The summed E-state index contributed by atoms with van der Waals surface area (Å²) in [6, 6.07) is 27.4. The lowest BCUT2D eigenvalue weighted by atomic mass is 9.99. The van der Waals surface area contributed by atoms with Gasteiger partial charge in [0.15, 0.2) is 0 Å². The number of aliphatic carboxylic acids is 1. The van der Waals surface area contributed by atoms with Gasteiger partial charge in [-0.3, -0.25) is 4.79 Å².